The lowest BCUT2D eigenvalue weighted by Crippen LogP contribution is -2.27. The van der Waals surface area contributed by atoms with Crippen LogP contribution in [0.1, 0.15) is 41.0 Å². The molecular formula is C26H26N6O2. The number of benzene rings is 2. The summed E-state index contributed by atoms with van der Waals surface area (Å²) in [5.74, 6) is 0.892. The predicted molar refractivity (Wildman–Crippen MR) is 131 cm³/mol. The Kier molecular flexibility index (Phi) is 5.95. The molecule has 4 N–H and O–H groups in total. The van der Waals surface area contributed by atoms with Crippen molar-refractivity contribution in [2.75, 3.05) is 18.4 Å². The summed E-state index contributed by atoms with van der Waals surface area (Å²) in [6.45, 7) is 2.43. The van der Waals surface area contributed by atoms with E-state index in [1.807, 2.05) is 42.5 Å². The van der Waals surface area contributed by atoms with Crippen LogP contribution in [0.4, 0.5) is 5.82 Å². The van der Waals surface area contributed by atoms with Gasteiger partial charge in [0.05, 0.1) is 11.4 Å². The van der Waals surface area contributed by atoms with Crippen LogP contribution in [0, 0.1) is 0 Å². The standard InChI is InChI=1S/C26H26N6O2/c1-16(33)27-13-14-28-24-20-15-22(26(34)30-21-12-11-17-7-5-6-10-19(17)21)29-25(20)32-23(31-24)18-8-3-2-4-9-18/h2-10,15,21H,11-14H2,1H3,(H,27,33)(H,30,34)(H2,28,29,31,32). The number of fused-ring (bicyclic) bond motifs is 2. The van der Waals surface area contributed by atoms with Gasteiger partial charge in [-0.15, -0.1) is 0 Å². The van der Waals surface area contributed by atoms with Crippen molar-refractivity contribution in [2.45, 2.75) is 25.8 Å². The lowest BCUT2D eigenvalue weighted by molar-refractivity contribution is -0.118. The molecule has 0 saturated carbocycles. The summed E-state index contributed by atoms with van der Waals surface area (Å²) in [5.41, 5.74) is 4.35. The van der Waals surface area contributed by atoms with Gasteiger partial charge in [-0.3, -0.25) is 9.59 Å². The molecule has 0 fully saturated rings. The van der Waals surface area contributed by atoms with E-state index in [4.69, 9.17) is 4.98 Å². The van der Waals surface area contributed by atoms with Gasteiger partial charge in [0.1, 0.15) is 17.2 Å². The summed E-state index contributed by atoms with van der Waals surface area (Å²) in [6.07, 6.45) is 1.85. The van der Waals surface area contributed by atoms with Gasteiger partial charge in [0.25, 0.3) is 5.91 Å². The molecule has 4 aromatic rings. The van der Waals surface area contributed by atoms with Crippen molar-refractivity contribution in [3.05, 3.63) is 77.5 Å². The molecule has 1 aliphatic rings. The van der Waals surface area contributed by atoms with Crippen LogP contribution in [0.2, 0.25) is 0 Å². The number of carbonyl (C=O) groups excluding carboxylic acids is 2. The molecule has 172 valence electrons. The molecule has 5 rings (SSSR count). The molecule has 34 heavy (non-hydrogen) atoms. The number of hydrogen-bond acceptors (Lipinski definition) is 5. The molecule has 2 amide bonds. The number of carbonyl (C=O) groups is 2. The lowest BCUT2D eigenvalue weighted by atomic mass is 10.1. The molecule has 1 unspecified atom stereocenters. The van der Waals surface area contributed by atoms with Crippen molar-refractivity contribution in [1.82, 2.24) is 25.6 Å². The molecule has 2 aromatic carbocycles. The molecule has 0 aliphatic heterocycles. The first-order valence-electron chi connectivity index (χ1n) is 11.4. The average molecular weight is 455 g/mol. The molecule has 8 nitrogen and oxygen atoms in total. The van der Waals surface area contributed by atoms with Crippen molar-refractivity contribution in [3.63, 3.8) is 0 Å². The number of aromatic amines is 1. The molecule has 0 saturated heterocycles. The van der Waals surface area contributed by atoms with Crippen molar-refractivity contribution >= 4 is 28.7 Å². The summed E-state index contributed by atoms with van der Waals surface area (Å²) in [4.78, 5) is 36.9. The van der Waals surface area contributed by atoms with Crippen LogP contribution in [0.3, 0.4) is 0 Å². The Balaban J connectivity index is 1.43. The summed E-state index contributed by atoms with van der Waals surface area (Å²) in [6, 6.07) is 19.7. The number of H-pyrrole nitrogens is 1. The van der Waals surface area contributed by atoms with E-state index < -0.39 is 0 Å². The molecule has 2 aromatic heterocycles. The number of nitrogens with one attached hydrogen (secondary N) is 4. The fourth-order valence-electron chi connectivity index (χ4n) is 4.35. The van der Waals surface area contributed by atoms with Gasteiger partial charge in [0, 0.05) is 25.6 Å². The van der Waals surface area contributed by atoms with E-state index in [1.165, 1.54) is 18.1 Å². The molecule has 1 atom stereocenters. The maximum atomic E-state index is 13.1. The first-order chi connectivity index (χ1) is 16.6. The van der Waals surface area contributed by atoms with Gasteiger partial charge in [-0.1, -0.05) is 54.6 Å². The Morgan fingerprint density at radius 3 is 2.65 bits per heavy atom. The van der Waals surface area contributed by atoms with Crippen LogP contribution in [-0.4, -0.2) is 39.9 Å². The minimum atomic E-state index is -0.176. The van der Waals surface area contributed by atoms with Gasteiger partial charge in [-0.05, 0) is 30.0 Å². The fourth-order valence-corrected chi connectivity index (χ4v) is 4.35. The van der Waals surface area contributed by atoms with E-state index in [0.29, 0.717) is 36.1 Å². The van der Waals surface area contributed by atoms with Gasteiger partial charge in [0.15, 0.2) is 5.82 Å². The third-order valence-corrected chi connectivity index (χ3v) is 5.99. The van der Waals surface area contributed by atoms with E-state index in [9.17, 15) is 9.59 Å². The van der Waals surface area contributed by atoms with Gasteiger partial charge in [-0.25, -0.2) is 9.97 Å². The minimum Gasteiger partial charge on any atom is -0.368 e. The third kappa shape index (κ3) is 4.47. The summed E-state index contributed by atoms with van der Waals surface area (Å²) >= 11 is 0. The quantitative estimate of drug-likeness (QED) is 0.319. The number of amides is 2. The highest BCUT2D eigenvalue weighted by molar-refractivity contribution is 6.00. The maximum absolute atomic E-state index is 13.1. The molecule has 2 heterocycles. The van der Waals surface area contributed by atoms with Gasteiger partial charge >= 0.3 is 0 Å². The Labute approximate surface area is 197 Å². The monoisotopic (exact) mass is 454 g/mol. The zero-order chi connectivity index (χ0) is 23.5. The molecule has 0 bridgehead atoms. The average Bonchev–Trinajstić information content (AvgIpc) is 3.47. The van der Waals surface area contributed by atoms with E-state index in [0.717, 1.165) is 23.8 Å². The number of aromatic nitrogens is 3. The zero-order valence-electron chi connectivity index (χ0n) is 18.9. The van der Waals surface area contributed by atoms with Gasteiger partial charge < -0.3 is 20.9 Å². The Bertz CT molecular complexity index is 1350. The van der Waals surface area contributed by atoms with E-state index >= 15 is 0 Å². The Morgan fingerprint density at radius 1 is 1.03 bits per heavy atom. The molecular weight excluding hydrogens is 428 g/mol. The van der Waals surface area contributed by atoms with E-state index in [1.54, 1.807) is 6.07 Å². The normalized spacial score (nSPS) is 14.6. The first kappa shape index (κ1) is 21.6. The summed E-state index contributed by atoms with van der Waals surface area (Å²) in [5, 5.41) is 9.92. The minimum absolute atomic E-state index is 0.00340. The van der Waals surface area contributed by atoms with Gasteiger partial charge in [-0.2, -0.15) is 0 Å². The maximum Gasteiger partial charge on any atom is 0.268 e. The zero-order valence-corrected chi connectivity index (χ0v) is 18.9. The summed E-state index contributed by atoms with van der Waals surface area (Å²) < 4.78 is 0. The van der Waals surface area contributed by atoms with Crippen molar-refractivity contribution < 1.29 is 9.59 Å². The second-order valence-corrected chi connectivity index (χ2v) is 8.38. The van der Waals surface area contributed by atoms with Crippen LogP contribution < -0.4 is 16.0 Å². The third-order valence-electron chi connectivity index (χ3n) is 5.99. The van der Waals surface area contributed by atoms with Crippen LogP contribution in [0.25, 0.3) is 22.4 Å². The van der Waals surface area contributed by atoms with E-state index in [-0.39, 0.29) is 17.9 Å². The number of rotatable bonds is 7. The lowest BCUT2D eigenvalue weighted by Gasteiger charge is -2.13. The van der Waals surface area contributed by atoms with Gasteiger partial charge in [0.2, 0.25) is 5.91 Å². The van der Waals surface area contributed by atoms with Crippen molar-refractivity contribution in [1.29, 1.82) is 0 Å². The SMILES string of the molecule is CC(=O)NCCNc1nc(-c2ccccc2)nc2[nH]c(C(=O)NC3CCc4ccccc43)cc12. The van der Waals surface area contributed by atoms with Crippen molar-refractivity contribution in [2.24, 2.45) is 0 Å². The van der Waals surface area contributed by atoms with Crippen molar-refractivity contribution in [3.8, 4) is 11.4 Å². The largest absolute Gasteiger partial charge is 0.368 e. The molecule has 0 radical (unpaired) electrons. The topological polar surface area (TPSA) is 112 Å². The van der Waals surface area contributed by atoms with Crippen LogP contribution in [-0.2, 0) is 11.2 Å². The predicted octanol–water partition coefficient (Wildman–Crippen LogP) is 3.59. The second kappa shape index (κ2) is 9.35. The van der Waals surface area contributed by atoms with Crippen LogP contribution >= 0.6 is 0 Å². The summed E-state index contributed by atoms with van der Waals surface area (Å²) in [7, 11) is 0. The number of aryl methyl sites for hydroxylation is 1. The van der Waals surface area contributed by atoms with Crippen LogP contribution in [0.15, 0.2) is 60.7 Å². The first-order valence-corrected chi connectivity index (χ1v) is 11.4. The van der Waals surface area contributed by atoms with Crippen LogP contribution in [0.5, 0.6) is 0 Å². The number of hydrogen-bond donors (Lipinski definition) is 4. The number of nitrogens with zero attached hydrogens (tertiary/aromatic N) is 2. The van der Waals surface area contributed by atoms with E-state index in [2.05, 4.69) is 38.1 Å². The fraction of sp³-hybridized carbons (Fsp3) is 0.231. The molecule has 0 spiro atoms. The highest BCUT2D eigenvalue weighted by Gasteiger charge is 2.25. The Morgan fingerprint density at radius 2 is 1.82 bits per heavy atom. The smallest absolute Gasteiger partial charge is 0.268 e. The molecule has 8 heteroatoms. The highest BCUT2D eigenvalue weighted by atomic mass is 16.2. The highest BCUT2D eigenvalue weighted by Crippen LogP contribution is 2.31. The molecule has 1 aliphatic carbocycles. The second-order valence-electron chi connectivity index (χ2n) is 8.38. The Hall–Kier alpha value is -4.20. The number of anilines is 1.